The molecule has 1 N–H and O–H groups in total. The second kappa shape index (κ2) is 8.27. The van der Waals surface area contributed by atoms with Crippen LogP contribution in [0.4, 0.5) is 0 Å². The molecule has 0 aliphatic rings. The van der Waals surface area contributed by atoms with Gasteiger partial charge in [-0.1, -0.05) is 13.8 Å². The fraction of sp³-hybridized carbons (Fsp3) is 0.471. The van der Waals surface area contributed by atoms with Crippen LogP contribution in [0.3, 0.4) is 0 Å². The molecule has 114 valence electrons. The molecule has 0 bridgehead atoms. The first-order valence-corrected chi connectivity index (χ1v) is 8.31. The van der Waals surface area contributed by atoms with Gasteiger partial charge in [0, 0.05) is 41.8 Å². The molecule has 0 atom stereocenters. The topological polar surface area (TPSA) is 28.2 Å². The molecule has 0 saturated carbocycles. The van der Waals surface area contributed by atoms with Gasteiger partial charge in [0.1, 0.15) is 0 Å². The van der Waals surface area contributed by atoms with E-state index in [0.717, 1.165) is 26.2 Å². The minimum atomic E-state index is 0.705. The van der Waals surface area contributed by atoms with Crippen LogP contribution in [0.15, 0.2) is 36.7 Å². The van der Waals surface area contributed by atoms with Crippen LogP contribution in [0.25, 0.3) is 0 Å². The monoisotopic (exact) mass is 303 g/mol. The molecular weight excluding hydrogens is 278 g/mol. The van der Waals surface area contributed by atoms with Gasteiger partial charge in [-0.3, -0.25) is 9.88 Å². The van der Waals surface area contributed by atoms with Gasteiger partial charge in [-0.25, -0.2) is 0 Å². The van der Waals surface area contributed by atoms with Crippen molar-refractivity contribution in [1.29, 1.82) is 0 Å². The predicted molar refractivity (Wildman–Crippen MR) is 90.3 cm³/mol. The van der Waals surface area contributed by atoms with Crippen molar-refractivity contribution in [3.8, 4) is 0 Å². The number of aromatic nitrogens is 1. The molecule has 0 radical (unpaired) electrons. The number of nitrogens with one attached hydrogen (secondary N) is 1. The first-order chi connectivity index (χ1) is 10.1. The number of thiophene rings is 1. The fourth-order valence-electron chi connectivity index (χ4n) is 2.21. The normalized spacial score (nSPS) is 11.5. The van der Waals surface area contributed by atoms with Crippen LogP contribution < -0.4 is 5.32 Å². The highest BCUT2D eigenvalue weighted by atomic mass is 32.1. The third-order valence-electron chi connectivity index (χ3n) is 3.20. The van der Waals surface area contributed by atoms with Crippen molar-refractivity contribution in [3.05, 3.63) is 52.0 Å². The predicted octanol–water partition coefficient (Wildman–Crippen LogP) is 3.52. The van der Waals surface area contributed by atoms with Gasteiger partial charge in [0.05, 0.1) is 0 Å². The van der Waals surface area contributed by atoms with E-state index in [1.165, 1.54) is 15.3 Å². The van der Waals surface area contributed by atoms with Crippen molar-refractivity contribution >= 4 is 11.3 Å². The maximum atomic E-state index is 4.06. The average molecular weight is 303 g/mol. The minimum absolute atomic E-state index is 0.705. The number of hydrogen-bond acceptors (Lipinski definition) is 4. The van der Waals surface area contributed by atoms with E-state index in [1.807, 2.05) is 23.7 Å². The summed E-state index contributed by atoms with van der Waals surface area (Å²) in [6, 6.07) is 8.64. The molecule has 2 rings (SSSR count). The van der Waals surface area contributed by atoms with Crippen molar-refractivity contribution in [1.82, 2.24) is 15.2 Å². The third-order valence-corrected chi connectivity index (χ3v) is 4.27. The van der Waals surface area contributed by atoms with Crippen molar-refractivity contribution in [2.24, 2.45) is 5.92 Å². The molecule has 2 aromatic rings. The van der Waals surface area contributed by atoms with E-state index in [-0.39, 0.29) is 0 Å². The van der Waals surface area contributed by atoms with Crippen molar-refractivity contribution < 1.29 is 0 Å². The average Bonchev–Trinajstić information content (AvgIpc) is 2.86. The van der Waals surface area contributed by atoms with E-state index in [9.17, 15) is 0 Å². The summed E-state index contributed by atoms with van der Waals surface area (Å²) in [5.74, 6) is 0.705. The summed E-state index contributed by atoms with van der Waals surface area (Å²) in [5, 5.41) is 3.50. The number of rotatable bonds is 8. The Morgan fingerprint density at radius 1 is 1.10 bits per heavy atom. The van der Waals surface area contributed by atoms with Gasteiger partial charge in [0.15, 0.2) is 0 Å². The lowest BCUT2D eigenvalue weighted by Gasteiger charge is -2.15. The first-order valence-electron chi connectivity index (χ1n) is 7.49. The molecule has 2 heterocycles. The van der Waals surface area contributed by atoms with E-state index in [0.29, 0.717) is 5.92 Å². The van der Waals surface area contributed by atoms with Gasteiger partial charge in [-0.2, -0.15) is 0 Å². The molecule has 0 aromatic carbocycles. The highest BCUT2D eigenvalue weighted by Gasteiger charge is 2.05. The Morgan fingerprint density at radius 3 is 2.52 bits per heavy atom. The van der Waals surface area contributed by atoms with Gasteiger partial charge < -0.3 is 5.32 Å². The van der Waals surface area contributed by atoms with Crippen LogP contribution >= 0.6 is 11.3 Å². The van der Waals surface area contributed by atoms with Gasteiger partial charge in [-0.15, -0.1) is 11.3 Å². The number of hydrogen-bond donors (Lipinski definition) is 1. The van der Waals surface area contributed by atoms with Gasteiger partial charge in [-0.05, 0) is 49.3 Å². The second-order valence-electron chi connectivity index (χ2n) is 5.92. The Bertz CT molecular complexity index is 522. The second-order valence-corrected chi connectivity index (χ2v) is 7.17. The van der Waals surface area contributed by atoms with E-state index in [2.05, 4.69) is 60.4 Å². The number of pyridine rings is 1. The lowest BCUT2D eigenvalue weighted by Crippen LogP contribution is -2.18. The molecule has 0 saturated heterocycles. The lowest BCUT2D eigenvalue weighted by molar-refractivity contribution is 0.322. The third kappa shape index (κ3) is 5.96. The Kier molecular flexibility index (Phi) is 6.36. The summed E-state index contributed by atoms with van der Waals surface area (Å²) in [4.78, 5) is 9.24. The largest absolute Gasteiger partial charge is 0.312 e. The SMILES string of the molecule is CC(C)CNCc1ccc(CN(C)Cc2ccncc2)s1. The Labute approximate surface area is 132 Å². The van der Waals surface area contributed by atoms with E-state index in [4.69, 9.17) is 0 Å². The van der Waals surface area contributed by atoms with E-state index < -0.39 is 0 Å². The van der Waals surface area contributed by atoms with Crippen molar-refractivity contribution in [3.63, 3.8) is 0 Å². The molecule has 21 heavy (non-hydrogen) atoms. The standard InChI is InChI=1S/C17H25N3S/c1-14(2)10-19-11-16-4-5-17(21-16)13-20(3)12-15-6-8-18-9-7-15/h4-9,14,19H,10-13H2,1-3H3. The lowest BCUT2D eigenvalue weighted by atomic mass is 10.2. The van der Waals surface area contributed by atoms with Crippen molar-refractivity contribution in [2.45, 2.75) is 33.5 Å². The van der Waals surface area contributed by atoms with Crippen LogP contribution in [0.5, 0.6) is 0 Å². The quantitative estimate of drug-likeness (QED) is 0.809. The summed E-state index contributed by atoms with van der Waals surface area (Å²) in [5.41, 5.74) is 1.31. The molecule has 0 fully saturated rings. The molecule has 0 unspecified atom stereocenters. The first kappa shape index (κ1) is 16.1. The summed E-state index contributed by atoms with van der Waals surface area (Å²) in [6.07, 6.45) is 3.71. The zero-order valence-electron chi connectivity index (χ0n) is 13.2. The van der Waals surface area contributed by atoms with Crippen LogP contribution in [-0.4, -0.2) is 23.5 Å². The molecule has 0 spiro atoms. The van der Waals surface area contributed by atoms with Gasteiger partial charge in [0.25, 0.3) is 0 Å². The summed E-state index contributed by atoms with van der Waals surface area (Å²) in [7, 11) is 2.16. The summed E-state index contributed by atoms with van der Waals surface area (Å²) >= 11 is 1.91. The van der Waals surface area contributed by atoms with Gasteiger partial charge in [0.2, 0.25) is 0 Å². The highest BCUT2D eigenvalue weighted by molar-refractivity contribution is 7.11. The van der Waals surface area contributed by atoms with E-state index >= 15 is 0 Å². The van der Waals surface area contributed by atoms with Gasteiger partial charge >= 0.3 is 0 Å². The van der Waals surface area contributed by atoms with Crippen LogP contribution in [0.2, 0.25) is 0 Å². The van der Waals surface area contributed by atoms with Crippen molar-refractivity contribution in [2.75, 3.05) is 13.6 Å². The van der Waals surface area contributed by atoms with Crippen LogP contribution in [0.1, 0.15) is 29.2 Å². The molecule has 4 heteroatoms. The molecular formula is C17H25N3S. The minimum Gasteiger partial charge on any atom is -0.312 e. The molecule has 2 aromatic heterocycles. The Balaban J connectivity index is 1.79. The Hall–Kier alpha value is -1.23. The maximum absolute atomic E-state index is 4.06. The summed E-state index contributed by atoms with van der Waals surface area (Å²) < 4.78 is 0. The van der Waals surface area contributed by atoms with Crippen LogP contribution in [-0.2, 0) is 19.6 Å². The molecule has 3 nitrogen and oxygen atoms in total. The summed E-state index contributed by atoms with van der Waals surface area (Å²) in [6.45, 7) is 8.49. The maximum Gasteiger partial charge on any atom is 0.0328 e. The molecule has 0 aliphatic carbocycles. The molecule has 0 aliphatic heterocycles. The zero-order chi connectivity index (χ0) is 15.1. The fourth-order valence-corrected chi connectivity index (χ4v) is 3.28. The zero-order valence-corrected chi connectivity index (χ0v) is 14.0. The van der Waals surface area contributed by atoms with E-state index in [1.54, 1.807) is 0 Å². The molecule has 0 amide bonds. The Morgan fingerprint density at radius 2 is 1.81 bits per heavy atom. The number of nitrogens with zero attached hydrogens (tertiary/aromatic N) is 2. The van der Waals surface area contributed by atoms with Crippen LogP contribution in [0, 0.1) is 5.92 Å². The highest BCUT2D eigenvalue weighted by Crippen LogP contribution is 2.18. The smallest absolute Gasteiger partial charge is 0.0328 e.